The summed E-state index contributed by atoms with van der Waals surface area (Å²) in [4.78, 5) is 4.45. The van der Waals surface area contributed by atoms with Gasteiger partial charge in [-0.15, -0.1) is 0 Å². The first kappa shape index (κ1) is 11.7. The molecule has 1 aromatic carbocycles. The predicted molar refractivity (Wildman–Crippen MR) is 68.4 cm³/mol. The van der Waals surface area contributed by atoms with Gasteiger partial charge in [0.1, 0.15) is 0 Å². The Bertz CT molecular complexity index is 347. The molecule has 0 fully saturated rings. The molecule has 0 aromatic heterocycles. The lowest BCUT2D eigenvalue weighted by Crippen LogP contribution is -1.90. The van der Waals surface area contributed by atoms with Crippen molar-refractivity contribution in [2.75, 3.05) is 6.54 Å². The zero-order valence-electron chi connectivity index (χ0n) is 9.83. The summed E-state index contributed by atoms with van der Waals surface area (Å²) in [5.41, 5.74) is 3.65. The van der Waals surface area contributed by atoms with Crippen LogP contribution in [-0.4, -0.2) is 12.3 Å². The number of hydrogen-bond donors (Lipinski definition) is 0. The van der Waals surface area contributed by atoms with Crippen molar-refractivity contribution in [1.82, 2.24) is 0 Å². The number of hydrogen-bond acceptors (Lipinski definition) is 1. The molecule has 80 valence electrons. The Labute approximate surface area is 92.6 Å². The average molecular weight is 201 g/mol. The molecule has 1 aromatic rings. The van der Waals surface area contributed by atoms with Crippen molar-refractivity contribution in [3.63, 3.8) is 0 Å². The number of allylic oxidation sites excluding steroid dienone is 2. The highest BCUT2D eigenvalue weighted by atomic mass is 14.7. The van der Waals surface area contributed by atoms with E-state index >= 15 is 0 Å². The molecule has 1 heteroatoms. The van der Waals surface area contributed by atoms with Crippen molar-refractivity contribution in [2.24, 2.45) is 4.99 Å². The molecular formula is C14H19N. The van der Waals surface area contributed by atoms with E-state index < -0.39 is 0 Å². The van der Waals surface area contributed by atoms with Crippen LogP contribution in [0.2, 0.25) is 0 Å². The fraction of sp³-hybridized carbons (Fsp3) is 0.357. The summed E-state index contributed by atoms with van der Waals surface area (Å²) in [5.74, 6) is 0. The maximum atomic E-state index is 4.45. The maximum absolute atomic E-state index is 4.45. The van der Waals surface area contributed by atoms with Crippen molar-refractivity contribution in [2.45, 2.75) is 27.2 Å². The Hall–Kier alpha value is -1.37. The molecule has 0 aliphatic rings. The molecule has 0 heterocycles. The van der Waals surface area contributed by atoms with E-state index in [1.807, 2.05) is 6.07 Å². The molecule has 0 aliphatic carbocycles. The fourth-order valence-electron chi connectivity index (χ4n) is 1.43. The van der Waals surface area contributed by atoms with Gasteiger partial charge in [0, 0.05) is 12.3 Å². The number of rotatable bonds is 4. The van der Waals surface area contributed by atoms with Crippen molar-refractivity contribution in [3.05, 3.63) is 42.0 Å². The van der Waals surface area contributed by atoms with Crippen LogP contribution in [0.1, 0.15) is 32.8 Å². The second-order valence-corrected chi connectivity index (χ2v) is 3.72. The molecule has 0 spiro atoms. The number of aliphatic imine (C=N–C) groups is 1. The third kappa shape index (κ3) is 4.11. The molecule has 0 saturated heterocycles. The van der Waals surface area contributed by atoms with Crippen LogP contribution in [0.3, 0.4) is 0 Å². The van der Waals surface area contributed by atoms with Crippen LogP contribution in [0.15, 0.2) is 41.4 Å². The summed E-state index contributed by atoms with van der Waals surface area (Å²) < 4.78 is 0. The molecule has 0 amide bonds. The number of nitrogens with zero attached hydrogens (tertiary/aromatic N) is 1. The quantitative estimate of drug-likeness (QED) is 0.654. The molecule has 0 atom stereocenters. The van der Waals surface area contributed by atoms with E-state index in [2.05, 4.69) is 56.1 Å². The molecular weight excluding hydrogens is 182 g/mol. The lowest BCUT2D eigenvalue weighted by Gasteiger charge is -2.01. The first-order valence-corrected chi connectivity index (χ1v) is 5.48. The highest BCUT2D eigenvalue weighted by Gasteiger charge is 1.94. The van der Waals surface area contributed by atoms with E-state index in [9.17, 15) is 0 Å². The summed E-state index contributed by atoms with van der Waals surface area (Å²) in [6, 6.07) is 10.4. The second-order valence-electron chi connectivity index (χ2n) is 3.72. The van der Waals surface area contributed by atoms with E-state index in [0.717, 1.165) is 18.7 Å². The van der Waals surface area contributed by atoms with Gasteiger partial charge in [0.15, 0.2) is 0 Å². The first-order valence-electron chi connectivity index (χ1n) is 5.48. The van der Waals surface area contributed by atoms with Crippen molar-refractivity contribution in [1.29, 1.82) is 0 Å². The molecule has 0 saturated carbocycles. The SMILES string of the molecule is CCCN=C(C)/C=C(\C)c1ccccc1. The van der Waals surface area contributed by atoms with Crippen LogP contribution >= 0.6 is 0 Å². The van der Waals surface area contributed by atoms with Crippen LogP contribution in [0, 0.1) is 0 Å². The standard InChI is InChI=1S/C14H19N/c1-4-10-15-13(3)11-12(2)14-8-6-5-7-9-14/h5-9,11H,4,10H2,1-3H3/b12-11+,15-13?. The Morgan fingerprint density at radius 1 is 1.20 bits per heavy atom. The van der Waals surface area contributed by atoms with E-state index in [1.54, 1.807) is 0 Å². The lowest BCUT2D eigenvalue weighted by molar-refractivity contribution is 0.932. The van der Waals surface area contributed by atoms with Gasteiger partial charge in [-0.3, -0.25) is 4.99 Å². The van der Waals surface area contributed by atoms with Crippen LogP contribution in [-0.2, 0) is 0 Å². The molecule has 0 unspecified atom stereocenters. The van der Waals surface area contributed by atoms with Gasteiger partial charge in [0.25, 0.3) is 0 Å². The normalized spacial score (nSPS) is 13.0. The van der Waals surface area contributed by atoms with E-state index in [-0.39, 0.29) is 0 Å². The number of benzene rings is 1. The van der Waals surface area contributed by atoms with E-state index in [0.29, 0.717) is 0 Å². The van der Waals surface area contributed by atoms with Gasteiger partial charge in [-0.25, -0.2) is 0 Å². The average Bonchev–Trinajstić information content (AvgIpc) is 2.27. The fourth-order valence-corrected chi connectivity index (χ4v) is 1.43. The van der Waals surface area contributed by atoms with Crippen LogP contribution in [0.25, 0.3) is 5.57 Å². The zero-order chi connectivity index (χ0) is 11.1. The lowest BCUT2D eigenvalue weighted by atomic mass is 10.1. The summed E-state index contributed by atoms with van der Waals surface area (Å²) in [6.45, 7) is 7.25. The Balaban J connectivity index is 2.76. The van der Waals surface area contributed by atoms with Gasteiger partial charge in [-0.1, -0.05) is 37.3 Å². The molecule has 1 nitrogen and oxygen atoms in total. The molecule has 0 bridgehead atoms. The smallest absolute Gasteiger partial charge is 0.0389 e. The first-order chi connectivity index (χ1) is 7.24. The maximum Gasteiger partial charge on any atom is 0.0389 e. The highest BCUT2D eigenvalue weighted by Crippen LogP contribution is 2.12. The van der Waals surface area contributed by atoms with E-state index in [1.165, 1.54) is 11.1 Å². The van der Waals surface area contributed by atoms with Gasteiger partial charge in [-0.05, 0) is 37.5 Å². The minimum atomic E-state index is 0.921. The van der Waals surface area contributed by atoms with Gasteiger partial charge in [-0.2, -0.15) is 0 Å². The molecule has 0 aliphatic heterocycles. The summed E-state index contributed by atoms with van der Waals surface area (Å²) >= 11 is 0. The molecule has 15 heavy (non-hydrogen) atoms. The van der Waals surface area contributed by atoms with Gasteiger partial charge in [0.2, 0.25) is 0 Å². The minimum absolute atomic E-state index is 0.921. The minimum Gasteiger partial charge on any atom is -0.290 e. The van der Waals surface area contributed by atoms with Crippen LogP contribution < -0.4 is 0 Å². The third-order valence-corrected chi connectivity index (χ3v) is 2.24. The van der Waals surface area contributed by atoms with Gasteiger partial charge < -0.3 is 0 Å². The highest BCUT2D eigenvalue weighted by molar-refractivity contribution is 5.98. The molecule has 0 N–H and O–H groups in total. The Morgan fingerprint density at radius 2 is 1.87 bits per heavy atom. The Kier molecular flexibility index (Phi) is 4.82. The second kappa shape index (κ2) is 6.18. The van der Waals surface area contributed by atoms with Crippen molar-refractivity contribution < 1.29 is 0 Å². The third-order valence-electron chi connectivity index (χ3n) is 2.24. The Morgan fingerprint density at radius 3 is 2.47 bits per heavy atom. The zero-order valence-corrected chi connectivity index (χ0v) is 9.83. The summed E-state index contributed by atoms with van der Waals surface area (Å²) in [6.07, 6.45) is 3.25. The van der Waals surface area contributed by atoms with Crippen LogP contribution in [0.5, 0.6) is 0 Å². The summed E-state index contributed by atoms with van der Waals surface area (Å²) in [5, 5.41) is 0. The van der Waals surface area contributed by atoms with Crippen molar-refractivity contribution in [3.8, 4) is 0 Å². The predicted octanol–water partition coefficient (Wildman–Crippen LogP) is 3.96. The van der Waals surface area contributed by atoms with Crippen molar-refractivity contribution >= 4 is 11.3 Å². The molecule has 1 rings (SSSR count). The largest absolute Gasteiger partial charge is 0.290 e. The summed E-state index contributed by atoms with van der Waals surface area (Å²) in [7, 11) is 0. The van der Waals surface area contributed by atoms with Crippen LogP contribution in [0.4, 0.5) is 0 Å². The van der Waals surface area contributed by atoms with E-state index in [4.69, 9.17) is 0 Å². The molecule has 0 radical (unpaired) electrons. The van der Waals surface area contributed by atoms with Gasteiger partial charge >= 0.3 is 0 Å². The monoisotopic (exact) mass is 201 g/mol. The van der Waals surface area contributed by atoms with Gasteiger partial charge in [0.05, 0.1) is 0 Å². The topological polar surface area (TPSA) is 12.4 Å².